The number of rotatable bonds is 2. The molecule has 0 radical (unpaired) electrons. The van der Waals surface area contributed by atoms with Crippen LogP contribution in [-0.4, -0.2) is 17.5 Å². The molecule has 0 aliphatic heterocycles. The summed E-state index contributed by atoms with van der Waals surface area (Å²) in [5.41, 5.74) is -0.750. The van der Waals surface area contributed by atoms with Gasteiger partial charge < -0.3 is 43.4 Å². The van der Waals surface area contributed by atoms with Crippen LogP contribution < -0.4 is 33.8 Å². The molecule has 0 aromatic heterocycles. The van der Waals surface area contributed by atoms with E-state index in [0.29, 0.717) is 0 Å². The van der Waals surface area contributed by atoms with Crippen LogP contribution in [0.15, 0.2) is 0 Å². The number of hydrogen-bond donors (Lipinski definition) is 3. The molecule has 0 atom stereocenters. The van der Waals surface area contributed by atoms with Gasteiger partial charge in [-0.3, -0.25) is 0 Å². The SMILES string of the molecule is CC(C)(C)[O-].O=C([O-])CC(=O)[O-].[NH4+].[NH4+].[NH4+]. The first kappa shape index (κ1) is 29.2. The van der Waals surface area contributed by atoms with Gasteiger partial charge in [-0.15, -0.1) is 5.60 Å². The lowest BCUT2D eigenvalue weighted by atomic mass is 10.2. The summed E-state index contributed by atoms with van der Waals surface area (Å²) in [5.74, 6) is -3.25. The van der Waals surface area contributed by atoms with Gasteiger partial charge in [-0.05, 0) is 0 Å². The Morgan fingerprint density at radius 1 is 0.933 bits per heavy atom. The summed E-state index contributed by atoms with van der Waals surface area (Å²) in [5, 5.41) is 28.7. The Morgan fingerprint density at radius 2 is 1.07 bits per heavy atom. The molecular formula is C7H23N3O5. The van der Waals surface area contributed by atoms with Crippen molar-refractivity contribution in [2.45, 2.75) is 32.8 Å². The fraction of sp³-hybridized carbons (Fsp3) is 0.714. The largest absolute Gasteiger partial charge is 0.850 e. The molecule has 0 rings (SSSR count). The molecule has 0 aliphatic carbocycles. The van der Waals surface area contributed by atoms with Crippen molar-refractivity contribution in [2.24, 2.45) is 0 Å². The van der Waals surface area contributed by atoms with Crippen LogP contribution >= 0.6 is 0 Å². The second-order valence-electron chi connectivity index (χ2n) is 3.03. The monoisotopic (exact) mass is 229 g/mol. The van der Waals surface area contributed by atoms with Crippen molar-refractivity contribution in [3.8, 4) is 0 Å². The summed E-state index contributed by atoms with van der Waals surface area (Å²) in [6, 6.07) is 0. The third-order valence-corrected chi connectivity index (χ3v) is 0.289. The number of quaternary nitrogens is 3. The van der Waals surface area contributed by atoms with Crippen LogP contribution in [0, 0.1) is 0 Å². The van der Waals surface area contributed by atoms with Crippen molar-refractivity contribution in [1.82, 2.24) is 18.5 Å². The van der Waals surface area contributed by atoms with Gasteiger partial charge in [0.1, 0.15) is 0 Å². The number of hydrogen-bond acceptors (Lipinski definition) is 5. The number of carboxylic acids is 2. The summed E-state index contributed by atoms with van der Waals surface area (Å²) in [4.78, 5) is 18.6. The van der Waals surface area contributed by atoms with Gasteiger partial charge in [0.15, 0.2) is 0 Å². The van der Waals surface area contributed by atoms with Crippen LogP contribution in [0.5, 0.6) is 0 Å². The van der Waals surface area contributed by atoms with Crippen LogP contribution in [0.2, 0.25) is 0 Å². The minimum atomic E-state index is -1.63. The Labute approximate surface area is 89.0 Å². The first-order valence-corrected chi connectivity index (χ1v) is 3.23. The molecule has 0 saturated carbocycles. The molecule has 15 heavy (non-hydrogen) atoms. The predicted molar refractivity (Wildman–Crippen MR) is 52.3 cm³/mol. The Balaban J connectivity index is -0.0000000383. The van der Waals surface area contributed by atoms with E-state index >= 15 is 0 Å². The maximum Gasteiger partial charge on any atom is 0.0470 e. The Hall–Kier alpha value is -1.22. The molecule has 0 fully saturated rings. The number of carboxylic acid groups (broad SMARTS) is 2. The first-order chi connectivity index (χ1) is 5.13. The maximum absolute atomic E-state index is 10.1. The van der Waals surface area contributed by atoms with Crippen molar-refractivity contribution < 1.29 is 24.9 Å². The molecule has 0 amide bonds. The Morgan fingerprint density at radius 3 is 1.07 bits per heavy atom. The third-order valence-electron chi connectivity index (χ3n) is 0.289. The summed E-state index contributed by atoms with van der Waals surface area (Å²) in [7, 11) is 0. The minimum Gasteiger partial charge on any atom is -0.850 e. The molecule has 0 heterocycles. The van der Waals surface area contributed by atoms with Gasteiger partial charge in [-0.1, -0.05) is 20.8 Å². The normalized spacial score (nSPS) is 7.73. The minimum absolute atomic E-state index is 0. The standard InChI is InChI=1S/C4H9O.C3H4O4.3H3N/c1-4(2,3)5;4-2(5)1-3(6)7;;;/h1-3H3;1H2,(H,4,5)(H,6,7);3*1H3/q-1;;;;/p+1. The van der Waals surface area contributed by atoms with Gasteiger partial charge in [-0.25, -0.2) is 0 Å². The smallest absolute Gasteiger partial charge is 0.0470 e. The quantitative estimate of drug-likeness (QED) is 0.463. The molecule has 8 heteroatoms. The van der Waals surface area contributed by atoms with E-state index in [1.54, 1.807) is 20.8 Å². The highest BCUT2D eigenvalue weighted by Crippen LogP contribution is 1.87. The molecule has 96 valence electrons. The van der Waals surface area contributed by atoms with Gasteiger partial charge >= 0.3 is 0 Å². The van der Waals surface area contributed by atoms with Crippen molar-refractivity contribution in [2.75, 3.05) is 0 Å². The molecule has 0 saturated heterocycles. The third kappa shape index (κ3) is 192. The van der Waals surface area contributed by atoms with Crippen molar-refractivity contribution >= 4 is 11.9 Å². The summed E-state index contributed by atoms with van der Waals surface area (Å²) in [6.45, 7) is 4.90. The molecule has 0 unspecified atom stereocenters. The Kier molecular flexibility index (Phi) is 24.9. The second kappa shape index (κ2) is 12.8. The lowest BCUT2D eigenvalue weighted by Gasteiger charge is -2.23. The molecule has 0 spiro atoms. The van der Waals surface area contributed by atoms with Crippen molar-refractivity contribution in [3.05, 3.63) is 0 Å². The van der Waals surface area contributed by atoms with E-state index in [2.05, 4.69) is 0 Å². The molecule has 8 nitrogen and oxygen atoms in total. The van der Waals surface area contributed by atoms with Gasteiger partial charge in [0.05, 0.1) is 0 Å². The average Bonchev–Trinajstić information content (AvgIpc) is 1.52. The first-order valence-electron chi connectivity index (χ1n) is 3.23. The number of aliphatic carboxylic acids is 2. The van der Waals surface area contributed by atoms with Gasteiger partial charge in [0.25, 0.3) is 0 Å². The van der Waals surface area contributed by atoms with E-state index < -0.39 is 24.0 Å². The van der Waals surface area contributed by atoms with E-state index in [1.165, 1.54) is 0 Å². The van der Waals surface area contributed by atoms with Crippen LogP contribution in [0.1, 0.15) is 27.2 Å². The highest BCUT2D eigenvalue weighted by molar-refractivity contribution is 5.86. The zero-order valence-electron chi connectivity index (χ0n) is 10.2. The van der Waals surface area contributed by atoms with Crippen LogP contribution in [-0.2, 0) is 9.59 Å². The number of carbonyl (C=O) groups is 2. The number of carbonyl (C=O) groups excluding carboxylic acids is 2. The Bertz CT molecular complexity index is 148. The summed E-state index contributed by atoms with van der Waals surface area (Å²) < 4.78 is 0. The van der Waals surface area contributed by atoms with Gasteiger partial charge in [0, 0.05) is 18.4 Å². The lowest BCUT2D eigenvalue weighted by molar-refractivity contribution is -0.458. The van der Waals surface area contributed by atoms with E-state index in [0.717, 1.165) is 0 Å². The van der Waals surface area contributed by atoms with E-state index in [4.69, 9.17) is 0 Å². The van der Waals surface area contributed by atoms with E-state index in [-0.39, 0.29) is 18.5 Å². The summed E-state index contributed by atoms with van der Waals surface area (Å²) in [6.07, 6.45) is -1.03. The lowest BCUT2D eigenvalue weighted by Crippen LogP contribution is -2.32. The van der Waals surface area contributed by atoms with E-state index in [1.807, 2.05) is 0 Å². The van der Waals surface area contributed by atoms with Gasteiger partial charge in [0.2, 0.25) is 0 Å². The molecule has 0 aliphatic rings. The fourth-order valence-electron chi connectivity index (χ4n) is 0.118. The van der Waals surface area contributed by atoms with Crippen LogP contribution in [0.4, 0.5) is 0 Å². The zero-order valence-corrected chi connectivity index (χ0v) is 10.2. The highest BCUT2D eigenvalue weighted by Gasteiger charge is 1.83. The van der Waals surface area contributed by atoms with Crippen LogP contribution in [0.25, 0.3) is 0 Å². The molecule has 0 bridgehead atoms. The van der Waals surface area contributed by atoms with Crippen LogP contribution in [0.3, 0.4) is 0 Å². The summed E-state index contributed by atoms with van der Waals surface area (Å²) >= 11 is 0. The fourth-order valence-corrected chi connectivity index (χ4v) is 0.118. The molecule has 0 aromatic carbocycles. The van der Waals surface area contributed by atoms with Gasteiger partial charge in [-0.2, -0.15) is 0 Å². The predicted octanol–water partition coefficient (Wildman–Crippen LogP) is -1.85. The van der Waals surface area contributed by atoms with E-state index in [9.17, 15) is 24.9 Å². The van der Waals surface area contributed by atoms with Crippen molar-refractivity contribution in [3.63, 3.8) is 0 Å². The maximum atomic E-state index is 10.1. The van der Waals surface area contributed by atoms with Crippen molar-refractivity contribution in [1.29, 1.82) is 0 Å². The second-order valence-corrected chi connectivity index (χ2v) is 3.03. The molecule has 0 aromatic rings. The topological polar surface area (TPSA) is 213 Å². The average molecular weight is 229 g/mol. The highest BCUT2D eigenvalue weighted by atomic mass is 16.4. The molecular weight excluding hydrogens is 206 g/mol. The molecule has 12 N–H and O–H groups in total. The zero-order chi connectivity index (χ0) is 10.4.